The van der Waals surface area contributed by atoms with E-state index in [0.717, 1.165) is 22.8 Å². The summed E-state index contributed by atoms with van der Waals surface area (Å²) in [6.45, 7) is 2.04. The molecule has 0 aliphatic carbocycles. The Hall–Kier alpha value is -0.930. The van der Waals surface area contributed by atoms with Crippen LogP contribution in [0.3, 0.4) is 0 Å². The van der Waals surface area contributed by atoms with Gasteiger partial charge >= 0.3 is 0 Å². The number of aryl methyl sites for hydroxylation is 1. The molecule has 0 bridgehead atoms. The highest BCUT2D eigenvalue weighted by Crippen LogP contribution is 2.25. The fourth-order valence-corrected chi connectivity index (χ4v) is 2.23. The first-order valence-corrected chi connectivity index (χ1v) is 6.25. The fourth-order valence-electron chi connectivity index (χ4n) is 1.78. The van der Waals surface area contributed by atoms with Crippen LogP contribution in [0, 0.1) is 0 Å². The van der Waals surface area contributed by atoms with Crippen LogP contribution in [0.5, 0.6) is 0 Å². The van der Waals surface area contributed by atoms with E-state index in [1.54, 1.807) is 0 Å². The highest BCUT2D eigenvalue weighted by Gasteiger charge is 2.05. The summed E-state index contributed by atoms with van der Waals surface area (Å²) in [6, 6.07) is 8.49. The van der Waals surface area contributed by atoms with Crippen LogP contribution < -0.4 is 5.73 Å². The van der Waals surface area contributed by atoms with Crippen molar-refractivity contribution >= 4 is 26.8 Å². The van der Waals surface area contributed by atoms with Crippen molar-refractivity contribution in [2.24, 2.45) is 5.73 Å². The van der Waals surface area contributed by atoms with E-state index in [2.05, 4.69) is 39.1 Å². The van der Waals surface area contributed by atoms with Gasteiger partial charge in [0.15, 0.2) is 0 Å². The zero-order valence-electron chi connectivity index (χ0n) is 9.28. The van der Waals surface area contributed by atoms with Gasteiger partial charge in [0.1, 0.15) is 0 Å². The van der Waals surface area contributed by atoms with Crippen LogP contribution in [0.1, 0.15) is 18.9 Å². The molecule has 2 aromatic rings. The zero-order valence-corrected chi connectivity index (χ0v) is 10.9. The van der Waals surface area contributed by atoms with Crippen LogP contribution in [0.2, 0.25) is 0 Å². The van der Waals surface area contributed by atoms with Crippen molar-refractivity contribution in [2.75, 3.05) is 0 Å². The van der Waals surface area contributed by atoms with Gasteiger partial charge in [-0.25, -0.2) is 0 Å². The number of halogens is 1. The normalized spacial score (nSPS) is 12.9. The quantitative estimate of drug-likeness (QED) is 0.936. The Labute approximate surface area is 104 Å². The third-order valence-corrected chi connectivity index (χ3v) is 3.36. The number of rotatable bonds is 3. The lowest BCUT2D eigenvalue weighted by atomic mass is 10.0. The van der Waals surface area contributed by atoms with E-state index >= 15 is 0 Å². The van der Waals surface area contributed by atoms with Crippen LogP contribution >= 0.6 is 15.9 Å². The number of hydrogen-bond donors (Lipinski definition) is 1. The first-order chi connectivity index (χ1) is 7.68. The SMILES string of the molecule is CC(N)CCc1ccc(Br)c2cccnc12. The van der Waals surface area contributed by atoms with E-state index in [0.29, 0.717) is 0 Å². The number of pyridine rings is 1. The number of hydrogen-bond acceptors (Lipinski definition) is 2. The molecule has 0 radical (unpaired) electrons. The third-order valence-electron chi connectivity index (χ3n) is 2.67. The predicted octanol–water partition coefficient (Wildman–Crippen LogP) is 3.28. The van der Waals surface area contributed by atoms with Gasteiger partial charge in [0, 0.05) is 22.1 Å². The van der Waals surface area contributed by atoms with Crippen LogP contribution in [-0.4, -0.2) is 11.0 Å². The second-order valence-corrected chi connectivity index (χ2v) is 4.98. The molecule has 1 unspecified atom stereocenters. The monoisotopic (exact) mass is 278 g/mol. The van der Waals surface area contributed by atoms with Crippen LogP contribution in [0.15, 0.2) is 34.9 Å². The molecule has 84 valence electrons. The topological polar surface area (TPSA) is 38.9 Å². The van der Waals surface area contributed by atoms with Crippen molar-refractivity contribution in [1.29, 1.82) is 0 Å². The van der Waals surface area contributed by atoms with Crippen molar-refractivity contribution in [3.63, 3.8) is 0 Å². The van der Waals surface area contributed by atoms with Crippen LogP contribution in [0.25, 0.3) is 10.9 Å². The molecule has 1 aromatic carbocycles. The molecule has 2 rings (SSSR count). The second-order valence-electron chi connectivity index (χ2n) is 4.12. The molecule has 0 spiro atoms. The molecule has 0 aliphatic rings. The van der Waals surface area contributed by atoms with Crippen LogP contribution in [-0.2, 0) is 6.42 Å². The summed E-state index contributed by atoms with van der Waals surface area (Å²) in [4.78, 5) is 4.45. The number of aromatic nitrogens is 1. The van der Waals surface area contributed by atoms with Gasteiger partial charge in [-0.1, -0.05) is 28.1 Å². The lowest BCUT2D eigenvalue weighted by Crippen LogP contribution is -2.15. The first-order valence-electron chi connectivity index (χ1n) is 5.46. The summed E-state index contributed by atoms with van der Waals surface area (Å²) in [6.07, 6.45) is 3.82. The minimum absolute atomic E-state index is 0.238. The van der Waals surface area contributed by atoms with E-state index in [-0.39, 0.29) is 6.04 Å². The summed E-state index contributed by atoms with van der Waals surface area (Å²) < 4.78 is 1.10. The second kappa shape index (κ2) is 4.93. The molecular weight excluding hydrogens is 264 g/mol. The van der Waals surface area contributed by atoms with Gasteiger partial charge in [0.2, 0.25) is 0 Å². The molecule has 0 saturated heterocycles. The number of fused-ring (bicyclic) bond motifs is 1. The van der Waals surface area contributed by atoms with Crippen molar-refractivity contribution in [3.8, 4) is 0 Å². The average Bonchev–Trinajstić information content (AvgIpc) is 2.28. The van der Waals surface area contributed by atoms with E-state index in [1.165, 1.54) is 10.9 Å². The van der Waals surface area contributed by atoms with Gasteiger partial charge in [-0.15, -0.1) is 0 Å². The predicted molar refractivity (Wildman–Crippen MR) is 71.4 cm³/mol. The fraction of sp³-hybridized carbons (Fsp3) is 0.308. The van der Waals surface area contributed by atoms with E-state index in [4.69, 9.17) is 5.73 Å². The molecule has 0 aliphatic heterocycles. The molecule has 1 aromatic heterocycles. The summed E-state index contributed by atoms with van der Waals surface area (Å²) in [5.41, 5.74) is 8.14. The zero-order chi connectivity index (χ0) is 11.5. The Kier molecular flexibility index (Phi) is 3.56. The van der Waals surface area contributed by atoms with Crippen molar-refractivity contribution < 1.29 is 0 Å². The molecule has 2 N–H and O–H groups in total. The van der Waals surface area contributed by atoms with Gasteiger partial charge in [0.25, 0.3) is 0 Å². The summed E-state index contributed by atoms with van der Waals surface area (Å²) in [7, 11) is 0. The average molecular weight is 279 g/mol. The maximum absolute atomic E-state index is 5.78. The summed E-state index contributed by atoms with van der Waals surface area (Å²) >= 11 is 3.55. The Morgan fingerprint density at radius 2 is 2.19 bits per heavy atom. The minimum atomic E-state index is 0.238. The van der Waals surface area contributed by atoms with Crippen molar-refractivity contribution in [3.05, 3.63) is 40.5 Å². The van der Waals surface area contributed by atoms with E-state index in [9.17, 15) is 0 Å². The molecule has 0 amide bonds. The van der Waals surface area contributed by atoms with Crippen LogP contribution in [0.4, 0.5) is 0 Å². The molecule has 16 heavy (non-hydrogen) atoms. The van der Waals surface area contributed by atoms with E-state index < -0.39 is 0 Å². The summed E-state index contributed by atoms with van der Waals surface area (Å²) in [5, 5.41) is 1.17. The standard InChI is InChI=1S/C13H15BrN2/c1-9(15)4-5-10-6-7-12(14)11-3-2-8-16-13(10)11/h2-3,6-9H,4-5,15H2,1H3. The lowest BCUT2D eigenvalue weighted by molar-refractivity contribution is 0.667. The van der Waals surface area contributed by atoms with Crippen molar-refractivity contribution in [2.45, 2.75) is 25.8 Å². The van der Waals surface area contributed by atoms with E-state index in [1.807, 2.05) is 19.2 Å². The summed E-state index contributed by atoms with van der Waals surface area (Å²) in [5.74, 6) is 0. The lowest BCUT2D eigenvalue weighted by Gasteiger charge is -2.08. The number of nitrogens with two attached hydrogens (primary N) is 1. The van der Waals surface area contributed by atoms with Gasteiger partial charge in [-0.3, -0.25) is 4.98 Å². The minimum Gasteiger partial charge on any atom is -0.328 e. The molecule has 3 heteroatoms. The molecule has 1 atom stereocenters. The highest BCUT2D eigenvalue weighted by molar-refractivity contribution is 9.10. The Bertz CT molecular complexity index is 494. The van der Waals surface area contributed by atoms with Gasteiger partial charge in [0.05, 0.1) is 5.52 Å². The van der Waals surface area contributed by atoms with Gasteiger partial charge in [-0.2, -0.15) is 0 Å². The molecular formula is C13H15BrN2. The Morgan fingerprint density at radius 1 is 1.38 bits per heavy atom. The first kappa shape index (κ1) is 11.6. The molecule has 0 fully saturated rings. The number of benzene rings is 1. The maximum atomic E-state index is 5.78. The largest absolute Gasteiger partial charge is 0.328 e. The Morgan fingerprint density at radius 3 is 2.94 bits per heavy atom. The van der Waals surface area contributed by atoms with Crippen molar-refractivity contribution in [1.82, 2.24) is 4.98 Å². The third kappa shape index (κ3) is 2.42. The number of nitrogens with zero attached hydrogens (tertiary/aromatic N) is 1. The molecule has 0 saturated carbocycles. The van der Waals surface area contributed by atoms with Gasteiger partial charge < -0.3 is 5.73 Å². The maximum Gasteiger partial charge on any atom is 0.0745 e. The molecule has 2 nitrogen and oxygen atoms in total. The highest BCUT2D eigenvalue weighted by atomic mass is 79.9. The molecule has 1 heterocycles. The smallest absolute Gasteiger partial charge is 0.0745 e. The Balaban J connectivity index is 2.42. The van der Waals surface area contributed by atoms with Gasteiger partial charge in [-0.05, 0) is 37.5 Å².